The van der Waals surface area contributed by atoms with Gasteiger partial charge in [-0.3, -0.25) is 15.1 Å². The first-order valence-electron chi connectivity index (χ1n) is 8.91. The quantitative estimate of drug-likeness (QED) is 0.287. The number of pyridine rings is 1. The lowest BCUT2D eigenvalue weighted by molar-refractivity contribution is -0.384. The molecule has 0 bridgehead atoms. The summed E-state index contributed by atoms with van der Waals surface area (Å²) in [4.78, 5) is 23.5. The van der Waals surface area contributed by atoms with Crippen LogP contribution in [0.2, 0.25) is 10.0 Å². The van der Waals surface area contributed by atoms with Gasteiger partial charge in [0.05, 0.1) is 31.6 Å². The minimum absolute atomic E-state index is 0.0877. The van der Waals surface area contributed by atoms with E-state index < -0.39 is 10.8 Å². The summed E-state index contributed by atoms with van der Waals surface area (Å²) in [5.74, 6) is -0.312. The summed E-state index contributed by atoms with van der Waals surface area (Å²) in [5.41, 5.74) is 1.77. The van der Waals surface area contributed by atoms with Crippen LogP contribution in [0.5, 0.6) is 5.88 Å². The Balaban J connectivity index is 1.82. The van der Waals surface area contributed by atoms with E-state index in [1.54, 1.807) is 48.7 Å². The van der Waals surface area contributed by atoms with Crippen molar-refractivity contribution in [2.75, 3.05) is 5.32 Å². The van der Waals surface area contributed by atoms with Gasteiger partial charge in [-0.1, -0.05) is 35.3 Å². The Labute approximate surface area is 186 Å². The molecule has 0 aliphatic rings. The zero-order valence-corrected chi connectivity index (χ0v) is 17.2. The van der Waals surface area contributed by atoms with Gasteiger partial charge in [0.15, 0.2) is 0 Å². The van der Waals surface area contributed by atoms with Crippen molar-refractivity contribution in [3.8, 4) is 5.88 Å². The average molecular weight is 454 g/mol. The Bertz CT molecular complexity index is 1330. The maximum atomic E-state index is 11.4. The van der Waals surface area contributed by atoms with Crippen molar-refractivity contribution in [2.45, 2.75) is 0 Å². The predicted molar refractivity (Wildman–Crippen MR) is 121 cm³/mol. The molecule has 8 nitrogen and oxygen atoms in total. The number of nitrogens with one attached hydrogen (secondary N) is 1. The van der Waals surface area contributed by atoms with Crippen molar-refractivity contribution >= 4 is 63.6 Å². The summed E-state index contributed by atoms with van der Waals surface area (Å²) in [7, 11) is 0. The number of benzene rings is 2. The van der Waals surface area contributed by atoms with Gasteiger partial charge in [0, 0.05) is 29.6 Å². The smallest absolute Gasteiger partial charge is 0.270 e. The number of halogens is 2. The van der Waals surface area contributed by atoms with Gasteiger partial charge in [-0.15, -0.1) is 0 Å². The molecule has 2 N–H and O–H groups in total. The highest BCUT2D eigenvalue weighted by Crippen LogP contribution is 2.32. The van der Waals surface area contributed by atoms with Gasteiger partial charge >= 0.3 is 0 Å². The van der Waals surface area contributed by atoms with Crippen molar-refractivity contribution < 1.29 is 10.0 Å². The number of aromatic hydroxyl groups is 1. The van der Waals surface area contributed by atoms with Crippen LogP contribution in [0.1, 0.15) is 11.3 Å². The van der Waals surface area contributed by atoms with Crippen LogP contribution < -0.4 is 5.32 Å². The Morgan fingerprint density at radius 1 is 1.03 bits per heavy atom. The van der Waals surface area contributed by atoms with Crippen molar-refractivity contribution in [1.82, 2.24) is 15.0 Å². The second-order valence-electron chi connectivity index (χ2n) is 6.40. The number of fused-ring (bicyclic) bond motifs is 1. The molecule has 0 aliphatic heterocycles. The van der Waals surface area contributed by atoms with E-state index in [0.29, 0.717) is 32.5 Å². The summed E-state index contributed by atoms with van der Waals surface area (Å²) < 4.78 is 0. The molecule has 0 saturated carbocycles. The zero-order valence-electron chi connectivity index (χ0n) is 15.7. The summed E-state index contributed by atoms with van der Waals surface area (Å²) in [5, 5.41) is 25.6. The van der Waals surface area contributed by atoms with Gasteiger partial charge in [0.25, 0.3) is 5.69 Å². The van der Waals surface area contributed by atoms with Gasteiger partial charge in [-0.2, -0.15) is 4.98 Å². The number of anilines is 2. The molecule has 2 heterocycles. The second-order valence-corrected chi connectivity index (χ2v) is 7.22. The average Bonchev–Trinajstić information content (AvgIpc) is 2.75. The lowest BCUT2D eigenvalue weighted by atomic mass is 10.1. The molecule has 0 atom stereocenters. The molecule has 0 radical (unpaired) electrons. The lowest BCUT2D eigenvalue weighted by Gasteiger charge is -2.09. The molecule has 0 unspecified atom stereocenters. The fraction of sp³-hybridized carbons (Fsp3) is 0. The van der Waals surface area contributed by atoms with Gasteiger partial charge in [0.2, 0.25) is 11.8 Å². The molecular weight excluding hydrogens is 441 g/mol. The molecule has 4 aromatic rings. The molecule has 0 amide bonds. The van der Waals surface area contributed by atoms with Crippen molar-refractivity contribution in [3.63, 3.8) is 0 Å². The van der Waals surface area contributed by atoms with E-state index in [1.807, 2.05) is 6.07 Å². The van der Waals surface area contributed by atoms with Crippen LogP contribution in [0.15, 0.2) is 54.7 Å². The molecule has 0 fully saturated rings. The van der Waals surface area contributed by atoms with Crippen molar-refractivity contribution in [1.29, 1.82) is 0 Å². The monoisotopic (exact) mass is 453 g/mol. The van der Waals surface area contributed by atoms with Gasteiger partial charge in [-0.05, 0) is 36.4 Å². The highest BCUT2D eigenvalue weighted by Gasteiger charge is 2.16. The van der Waals surface area contributed by atoms with E-state index in [2.05, 4.69) is 20.3 Å². The van der Waals surface area contributed by atoms with Gasteiger partial charge < -0.3 is 10.4 Å². The molecule has 10 heteroatoms. The molecular formula is C21H13Cl2N5O3. The van der Waals surface area contributed by atoms with Crippen molar-refractivity contribution in [3.05, 3.63) is 86.1 Å². The fourth-order valence-corrected chi connectivity index (χ4v) is 3.17. The van der Waals surface area contributed by atoms with E-state index in [1.165, 1.54) is 12.1 Å². The van der Waals surface area contributed by atoms with E-state index in [9.17, 15) is 15.2 Å². The van der Waals surface area contributed by atoms with E-state index >= 15 is 0 Å². The van der Waals surface area contributed by atoms with Crippen LogP contribution in [0.4, 0.5) is 17.3 Å². The molecule has 31 heavy (non-hydrogen) atoms. The molecule has 0 aliphatic carbocycles. The lowest BCUT2D eigenvalue weighted by Crippen LogP contribution is -2.00. The third-order valence-electron chi connectivity index (χ3n) is 4.30. The number of non-ortho nitro benzene ring substituents is 1. The van der Waals surface area contributed by atoms with E-state index in [-0.39, 0.29) is 17.0 Å². The van der Waals surface area contributed by atoms with Crippen LogP contribution in [-0.2, 0) is 0 Å². The summed E-state index contributed by atoms with van der Waals surface area (Å²) in [6.45, 7) is 0. The summed E-state index contributed by atoms with van der Waals surface area (Å²) >= 11 is 12.0. The minimum Gasteiger partial charge on any atom is -0.493 e. The largest absolute Gasteiger partial charge is 0.493 e. The number of aromatic nitrogens is 3. The highest BCUT2D eigenvalue weighted by molar-refractivity contribution is 6.42. The number of hydrogen-bond donors (Lipinski definition) is 2. The van der Waals surface area contributed by atoms with Crippen LogP contribution >= 0.6 is 23.2 Å². The van der Waals surface area contributed by atoms with Gasteiger partial charge in [-0.25, -0.2) is 4.98 Å². The molecule has 0 saturated heterocycles. The summed E-state index contributed by atoms with van der Waals surface area (Å²) in [6, 6.07) is 12.9. The SMILES string of the molecule is O=[N+]([O-])c1cc(/C=C/c2ccccn2)c2nc(Nc3ccc(Cl)c(Cl)c3)nc(O)c2c1. The highest BCUT2D eigenvalue weighted by atomic mass is 35.5. The third-order valence-corrected chi connectivity index (χ3v) is 5.04. The molecule has 2 aromatic carbocycles. The van der Waals surface area contributed by atoms with Gasteiger partial charge in [0.1, 0.15) is 0 Å². The molecule has 0 spiro atoms. The molecule has 154 valence electrons. The summed E-state index contributed by atoms with van der Waals surface area (Å²) in [6.07, 6.45) is 4.98. The third kappa shape index (κ3) is 4.55. The minimum atomic E-state index is -0.543. The number of rotatable bonds is 5. The van der Waals surface area contributed by atoms with Crippen LogP contribution in [0.3, 0.4) is 0 Å². The maximum absolute atomic E-state index is 11.4. The topological polar surface area (TPSA) is 114 Å². The first-order valence-corrected chi connectivity index (χ1v) is 9.66. The van der Waals surface area contributed by atoms with Crippen LogP contribution in [0.25, 0.3) is 23.1 Å². The maximum Gasteiger partial charge on any atom is 0.270 e. The van der Waals surface area contributed by atoms with E-state index in [4.69, 9.17) is 23.2 Å². The van der Waals surface area contributed by atoms with Crippen molar-refractivity contribution in [2.24, 2.45) is 0 Å². The zero-order chi connectivity index (χ0) is 22.0. The predicted octanol–water partition coefficient (Wildman–Crippen LogP) is 5.86. The molecule has 4 rings (SSSR count). The number of nitro groups is 1. The normalized spacial score (nSPS) is 11.2. The number of nitro benzene ring substituents is 1. The molecule has 2 aromatic heterocycles. The Kier molecular flexibility index (Phi) is 5.66. The first kappa shape index (κ1) is 20.5. The van der Waals surface area contributed by atoms with E-state index in [0.717, 1.165) is 0 Å². The fourth-order valence-electron chi connectivity index (χ4n) is 2.87. The Morgan fingerprint density at radius 2 is 1.87 bits per heavy atom. The van der Waals surface area contributed by atoms with Crippen LogP contribution in [-0.4, -0.2) is 25.0 Å². The Hall–Kier alpha value is -3.75. The van der Waals surface area contributed by atoms with Crippen LogP contribution in [0, 0.1) is 10.1 Å². The standard InChI is InChI=1S/C21H13Cl2N5O3/c22-17-7-6-14(10-18(17)23)25-21-26-19-12(4-5-13-3-1-2-8-24-13)9-15(28(30)31)11-16(19)20(29)27-21/h1-11H,(H2,25,26,27,29)/b5-4+. The number of nitrogens with zero attached hydrogens (tertiary/aromatic N) is 4. The second kappa shape index (κ2) is 8.55. The Morgan fingerprint density at radius 3 is 2.58 bits per heavy atom. The first-order chi connectivity index (χ1) is 14.9. The number of hydrogen-bond acceptors (Lipinski definition) is 7.